The lowest BCUT2D eigenvalue weighted by Gasteiger charge is -2.23. The molecule has 3 rings (SSSR count). The van der Waals surface area contributed by atoms with Gasteiger partial charge in [0.15, 0.2) is 0 Å². The molecule has 0 atom stereocenters. The van der Waals surface area contributed by atoms with Crippen molar-refractivity contribution in [3.05, 3.63) is 47.4 Å². The summed E-state index contributed by atoms with van der Waals surface area (Å²) in [5, 5.41) is 12.1. The second-order valence-electron chi connectivity index (χ2n) is 6.91. The number of nitrogens with zero attached hydrogens (tertiary/aromatic N) is 3. The second-order valence-corrected chi connectivity index (χ2v) is 6.91. The summed E-state index contributed by atoms with van der Waals surface area (Å²) in [7, 11) is 0. The van der Waals surface area contributed by atoms with Crippen LogP contribution in [0.4, 0.5) is 11.5 Å². The molecule has 2 N–H and O–H groups in total. The zero-order valence-corrected chi connectivity index (χ0v) is 15.4. The maximum absolute atomic E-state index is 12.6. The van der Waals surface area contributed by atoms with Crippen LogP contribution in [-0.2, 0) is 6.61 Å². The molecule has 1 aliphatic rings. The maximum Gasteiger partial charge on any atom is 0.274 e. The maximum atomic E-state index is 12.6. The van der Waals surface area contributed by atoms with Crippen LogP contribution < -0.4 is 10.2 Å². The number of amides is 1. The lowest BCUT2D eigenvalue weighted by molar-refractivity contribution is 0.102. The van der Waals surface area contributed by atoms with Crippen LogP contribution in [0.5, 0.6) is 0 Å². The number of anilines is 2. The van der Waals surface area contributed by atoms with Gasteiger partial charge < -0.3 is 15.3 Å². The minimum Gasteiger partial charge on any atom is -0.392 e. The van der Waals surface area contributed by atoms with Crippen molar-refractivity contribution in [3.63, 3.8) is 0 Å². The van der Waals surface area contributed by atoms with Crippen molar-refractivity contribution in [3.8, 4) is 0 Å². The summed E-state index contributed by atoms with van der Waals surface area (Å²) in [4.78, 5) is 23.4. The number of hydrogen-bond donors (Lipinski definition) is 2. The Kier molecular flexibility index (Phi) is 5.83. The molecular weight excluding hydrogens is 328 g/mol. The number of hydrogen-bond acceptors (Lipinski definition) is 5. The summed E-state index contributed by atoms with van der Waals surface area (Å²) in [6.07, 6.45) is 5.06. The topological polar surface area (TPSA) is 78.4 Å². The summed E-state index contributed by atoms with van der Waals surface area (Å²) in [5.74, 6) is 1.31. The van der Waals surface area contributed by atoms with E-state index in [1.807, 2.05) is 13.0 Å². The molecule has 138 valence electrons. The molecule has 1 saturated carbocycles. The molecule has 1 aromatic carbocycles. The number of rotatable bonds is 8. The lowest BCUT2D eigenvalue weighted by atomic mass is 10.1. The fourth-order valence-corrected chi connectivity index (χ4v) is 2.98. The molecule has 0 aliphatic heterocycles. The third kappa shape index (κ3) is 4.58. The number of nitrogens with one attached hydrogen (secondary N) is 1. The zero-order valence-electron chi connectivity index (χ0n) is 15.4. The van der Waals surface area contributed by atoms with Crippen LogP contribution in [0.1, 0.15) is 47.8 Å². The zero-order chi connectivity index (χ0) is 18.5. The molecule has 0 unspecified atom stereocenters. The molecule has 2 aromatic rings. The third-order valence-corrected chi connectivity index (χ3v) is 4.60. The summed E-state index contributed by atoms with van der Waals surface area (Å²) < 4.78 is 0. The minimum atomic E-state index is -0.253. The van der Waals surface area contributed by atoms with E-state index >= 15 is 0 Å². The summed E-state index contributed by atoms with van der Waals surface area (Å²) in [6, 6.07) is 7.23. The molecule has 0 spiro atoms. The van der Waals surface area contributed by atoms with Crippen LogP contribution in [0.15, 0.2) is 30.6 Å². The Morgan fingerprint density at radius 3 is 2.77 bits per heavy atom. The molecular formula is C20H26N4O2. The van der Waals surface area contributed by atoms with E-state index in [2.05, 4.69) is 27.1 Å². The predicted molar refractivity (Wildman–Crippen MR) is 102 cm³/mol. The Balaban J connectivity index is 1.75. The number of aromatic nitrogens is 2. The highest BCUT2D eigenvalue weighted by atomic mass is 16.3. The van der Waals surface area contributed by atoms with Gasteiger partial charge in [-0.05, 0) is 49.3 Å². The van der Waals surface area contributed by atoms with Crippen molar-refractivity contribution in [1.82, 2.24) is 9.97 Å². The first-order chi connectivity index (χ1) is 12.6. The average Bonchev–Trinajstić information content (AvgIpc) is 3.47. The van der Waals surface area contributed by atoms with Gasteiger partial charge in [-0.1, -0.05) is 19.1 Å². The smallest absolute Gasteiger partial charge is 0.274 e. The highest BCUT2D eigenvalue weighted by Gasteiger charge is 2.25. The van der Waals surface area contributed by atoms with Gasteiger partial charge in [-0.2, -0.15) is 0 Å². The fourth-order valence-electron chi connectivity index (χ4n) is 2.98. The van der Waals surface area contributed by atoms with Crippen LogP contribution >= 0.6 is 0 Å². The van der Waals surface area contributed by atoms with Gasteiger partial charge in [0, 0.05) is 24.8 Å². The summed E-state index contributed by atoms with van der Waals surface area (Å²) in [6.45, 7) is 5.95. The van der Waals surface area contributed by atoms with E-state index in [0.717, 1.165) is 48.1 Å². The van der Waals surface area contributed by atoms with E-state index in [1.54, 1.807) is 18.2 Å². The van der Waals surface area contributed by atoms with Crippen LogP contribution in [0.3, 0.4) is 0 Å². The number of carbonyl (C=O) groups excluding carboxylic acids is 1. The Hall–Kier alpha value is -2.47. The standard InChI is InChI=1S/C20H26N4O2/c1-3-8-24(11-15-4-5-15)19-10-18(21-13-22-19)20(26)23-17-7-6-16(12-25)9-14(17)2/h6-7,9-10,13,15,25H,3-5,8,11-12H2,1-2H3,(H,23,26). The third-order valence-electron chi connectivity index (χ3n) is 4.60. The summed E-state index contributed by atoms with van der Waals surface area (Å²) in [5.41, 5.74) is 2.80. The van der Waals surface area contributed by atoms with Gasteiger partial charge in [-0.25, -0.2) is 9.97 Å². The van der Waals surface area contributed by atoms with Crippen molar-refractivity contribution in [1.29, 1.82) is 0 Å². The lowest BCUT2D eigenvalue weighted by Crippen LogP contribution is -2.28. The largest absolute Gasteiger partial charge is 0.392 e. The van der Waals surface area contributed by atoms with Crippen LogP contribution in [-0.4, -0.2) is 34.1 Å². The van der Waals surface area contributed by atoms with E-state index < -0.39 is 0 Å². The molecule has 1 heterocycles. The number of aliphatic hydroxyl groups excluding tert-OH is 1. The monoisotopic (exact) mass is 354 g/mol. The Morgan fingerprint density at radius 2 is 2.12 bits per heavy atom. The number of aliphatic hydroxyl groups is 1. The van der Waals surface area contributed by atoms with Gasteiger partial charge in [0.25, 0.3) is 5.91 Å². The van der Waals surface area contributed by atoms with Crippen molar-refractivity contribution < 1.29 is 9.90 Å². The molecule has 1 amide bonds. The second kappa shape index (κ2) is 8.27. The first-order valence-electron chi connectivity index (χ1n) is 9.19. The van der Waals surface area contributed by atoms with Crippen molar-refractivity contribution in [2.75, 3.05) is 23.3 Å². The molecule has 1 aromatic heterocycles. The molecule has 0 radical (unpaired) electrons. The van der Waals surface area contributed by atoms with E-state index in [-0.39, 0.29) is 12.5 Å². The van der Waals surface area contributed by atoms with Crippen molar-refractivity contribution in [2.45, 2.75) is 39.7 Å². The fraction of sp³-hybridized carbons (Fsp3) is 0.450. The average molecular weight is 354 g/mol. The highest BCUT2D eigenvalue weighted by Crippen LogP contribution is 2.31. The van der Waals surface area contributed by atoms with Gasteiger partial charge in [0.1, 0.15) is 17.8 Å². The van der Waals surface area contributed by atoms with Crippen molar-refractivity contribution in [2.24, 2.45) is 5.92 Å². The first-order valence-corrected chi connectivity index (χ1v) is 9.19. The minimum absolute atomic E-state index is 0.0153. The van der Waals surface area contributed by atoms with E-state index in [9.17, 15) is 9.90 Å². The van der Waals surface area contributed by atoms with Gasteiger partial charge >= 0.3 is 0 Å². The molecule has 6 heteroatoms. The number of benzene rings is 1. The van der Waals surface area contributed by atoms with E-state index in [0.29, 0.717) is 5.69 Å². The molecule has 26 heavy (non-hydrogen) atoms. The highest BCUT2D eigenvalue weighted by molar-refractivity contribution is 6.03. The molecule has 0 bridgehead atoms. The Morgan fingerprint density at radius 1 is 1.31 bits per heavy atom. The first kappa shape index (κ1) is 18.3. The summed E-state index contributed by atoms with van der Waals surface area (Å²) >= 11 is 0. The Bertz CT molecular complexity index is 774. The molecule has 6 nitrogen and oxygen atoms in total. The number of carbonyl (C=O) groups is 1. The molecule has 1 fully saturated rings. The van der Waals surface area contributed by atoms with Gasteiger partial charge in [-0.3, -0.25) is 4.79 Å². The van der Waals surface area contributed by atoms with Crippen LogP contribution in [0, 0.1) is 12.8 Å². The van der Waals surface area contributed by atoms with Crippen LogP contribution in [0.2, 0.25) is 0 Å². The predicted octanol–water partition coefficient (Wildman–Crippen LogP) is 3.16. The van der Waals surface area contributed by atoms with E-state index in [4.69, 9.17) is 0 Å². The normalized spacial score (nSPS) is 13.5. The molecule has 1 aliphatic carbocycles. The van der Waals surface area contributed by atoms with E-state index in [1.165, 1.54) is 19.2 Å². The van der Waals surface area contributed by atoms with Gasteiger partial charge in [-0.15, -0.1) is 0 Å². The number of aryl methyl sites for hydroxylation is 1. The Labute approximate surface area is 154 Å². The molecule has 0 saturated heterocycles. The van der Waals surface area contributed by atoms with Crippen LogP contribution in [0.25, 0.3) is 0 Å². The SMILES string of the molecule is CCCN(CC1CC1)c1cc(C(=O)Nc2ccc(CO)cc2C)ncn1. The quantitative estimate of drug-likeness (QED) is 0.761. The van der Waals surface area contributed by atoms with Gasteiger partial charge in [0.2, 0.25) is 0 Å². The van der Waals surface area contributed by atoms with Gasteiger partial charge in [0.05, 0.1) is 6.61 Å². The van der Waals surface area contributed by atoms with Crippen molar-refractivity contribution >= 4 is 17.4 Å².